The van der Waals surface area contributed by atoms with E-state index in [1.54, 1.807) is 8.61 Å². The van der Waals surface area contributed by atoms with Crippen molar-refractivity contribution in [1.82, 2.24) is 13.9 Å². The van der Waals surface area contributed by atoms with Crippen LogP contribution < -0.4 is 5.32 Å². The van der Waals surface area contributed by atoms with Gasteiger partial charge >= 0.3 is 0 Å². The molecule has 0 aromatic carbocycles. The summed E-state index contributed by atoms with van der Waals surface area (Å²) in [5, 5.41) is 3.20. The van der Waals surface area contributed by atoms with Gasteiger partial charge in [0.25, 0.3) is 10.2 Å². The van der Waals surface area contributed by atoms with Crippen molar-refractivity contribution in [2.24, 2.45) is 0 Å². The van der Waals surface area contributed by atoms with E-state index in [0.717, 1.165) is 38.8 Å². The fourth-order valence-electron chi connectivity index (χ4n) is 3.00. The number of hydrogen-bond donors (Lipinski definition) is 1. The van der Waals surface area contributed by atoms with E-state index in [1.165, 1.54) is 6.42 Å². The van der Waals surface area contributed by atoms with Crippen molar-refractivity contribution >= 4 is 10.2 Å². The Labute approximate surface area is 111 Å². The summed E-state index contributed by atoms with van der Waals surface area (Å²) >= 11 is 0. The SMILES string of the molecule is CCN(C1CCCCC1)S(=O)(=O)N1CCNCC1. The molecule has 0 atom stereocenters. The van der Waals surface area contributed by atoms with Crippen molar-refractivity contribution in [3.63, 3.8) is 0 Å². The summed E-state index contributed by atoms with van der Waals surface area (Å²) in [6, 6.07) is 0.226. The zero-order valence-electron chi connectivity index (χ0n) is 11.3. The van der Waals surface area contributed by atoms with Crippen LogP contribution in [0.15, 0.2) is 0 Å². The van der Waals surface area contributed by atoms with E-state index in [0.29, 0.717) is 19.6 Å². The van der Waals surface area contributed by atoms with Gasteiger partial charge in [-0.25, -0.2) is 0 Å². The van der Waals surface area contributed by atoms with E-state index in [1.807, 2.05) is 6.92 Å². The molecule has 0 aromatic rings. The molecule has 5 nitrogen and oxygen atoms in total. The molecule has 1 aliphatic heterocycles. The number of rotatable bonds is 4. The van der Waals surface area contributed by atoms with Crippen LogP contribution in [0.5, 0.6) is 0 Å². The molecule has 106 valence electrons. The Morgan fingerprint density at radius 1 is 1.17 bits per heavy atom. The van der Waals surface area contributed by atoms with E-state index < -0.39 is 10.2 Å². The van der Waals surface area contributed by atoms with Gasteiger partial charge in [0.1, 0.15) is 0 Å². The van der Waals surface area contributed by atoms with Crippen LogP contribution in [-0.2, 0) is 10.2 Å². The number of nitrogens with zero attached hydrogens (tertiary/aromatic N) is 2. The monoisotopic (exact) mass is 275 g/mol. The summed E-state index contributed by atoms with van der Waals surface area (Å²) < 4.78 is 28.7. The quantitative estimate of drug-likeness (QED) is 0.825. The van der Waals surface area contributed by atoms with Crippen LogP contribution in [-0.4, -0.2) is 55.8 Å². The van der Waals surface area contributed by atoms with Gasteiger partial charge in [-0.15, -0.1) is 0 Å². The van der Waals surface area contributed by atoms with Gasteiger partial charge in [-0.3, -0.25) is 0 Å². The molecule has 1 saturated heterocycles. The summed E-state index contributed by atoms with van der Waals surface area (Å²) in [5.41, 5.74) is 0. The summed E-state index contributed by atoms with van der Waals surface area (Å²) in [5.74, 6) is 0. The second-order valence-corrected chi connectivity index (χ2v) is 7.03. The van der Waals surface area contributed by atoms with Crippen molar-refractivity contribution in [3.8, 4) is 0 Å². The van der Waals surface area contributed by atoms with Crippen LogP contribution in [0.2, 0.25) is 0 Å². The highest BCUT2D eigenvalue weighted by molar-refractivity contribution is 7.86. The van der Waals surface area contributed by atoms with Gasteiger partial charge in [-0.2, -0.15) is 17.0 Å². The minimum absolute atomic E-state index is 0.226. The molecular weight excluding hydrogens is 250 g/mol. The lowest BCUT2D eigenvalue weighted by atomic mass is 9.95. The van der Waals surface area contributed by atoms with Crippen molar-refractivity contribution in [2.75, 3.05) is 32.7 Å². The van der Waals surface area contributed by atoms with Gasteiger partial charge in [0.2, 0.25) is 0 Å². The Balaban J connectivity index is 2.08. The molecule has 0 spiro atoms. The van der Waals surface area contributed by atoms with Crippen LogP contribution in [0.4, 0.5) is 0 Å². The molecule has 2 rings (SSSR count). The highest BCUT2D eigenvalue weighted by Gasteiger charge is 2.34. The average Bonchev–Trinajstić information content (AvgIpc) is 2.41. The number of piperazine rings is 1. The van der Waals surface area contributed by atoms with Gasteiger partial charge in [-0.05, 0) is 12.8 Å². The van der Waals surface area contributed by atoms with E-state index >= 15 is 0 Å². The highest BCUT2D eigenvalue weighted by atomic mass is 32.2. The molecule has 1 saturated carbocycles. The fraction of sp³-hybridized carbons (Fsp3) is 1.00. The average molecular weight is 275 g/mol. The Morgan fingerprint density at radius 2 is 1.78 bits per heavy atom. The lowest BCUT2D eigenvalue weighted by Crippen LogP contribution is -2.54. The Hall–Kier alpha value is -0.170. The molecule has 18 heavy (non-hydrogen) atoms. The summed E-state index contributed by atoms with van der Waals surface area (Å²) in [6.45, 7) is 5.28. The van der Waals surface area contributed by atoms with Crippen molar-refractivity contribution in [2.45, 2.75) is 45.1 Å². The zero-order valence-corrected chi connectivity index (χ0v) is 12.1. The third kappa shape index (κ3) is 3.04. The normalized spacial score (nSPS) is 24.6. The van der Waals surface area contributed by atoms with Crippen LogP contribution in [0.25, 0.3) is 0 Å². The number of hydrogen-bond acceptors (Lipinski definition) is 3. The maximum atomic E-state index is 12.6. The highest BCUT2D eigenvalue weighted by Crippen LogP contribution is 2.25. The predicted molar refractivity (Wildman–Crippen MR) is 72.6 cm³/mol. The summed E-state index contributed by atoms with van der Waals surface area (Å²) in [7, 11) is -3.25. The van der Waals surface area contributed by atoms with Crippen LogP contribution in [0.1, 0.15) is 39.0 Å². The Kier molecular flexibility index (Phi) is 5.00. The summed E-state index contributed by atoms with van der Waals surface area (Å²) in [6.07, 6.45) is 5.64. The molecule has 1 heterocycles. The smallest absolute Gasteiger partial charge is 0.282 e. The van der Waals surface area contributed by atoms with Crippen molar-refractivity contribution in [3.05, 3.63) is 0 Å². The summed E-state index contributed by atoms with van der Waals surface area (Å²) in [4.78, 5) is 0. The van der Waals surface area contributed by atoms with Gasteiger partial charge in [-0.1, -0.05) is 26.2 Å². The van der Waals surface area contributed by atoms with Gasteiger partial charge < -0.3 is 5.32 Å². The van der Waals surface area contributed by atoms with E-state index in [9.17, 15) is 8.42 Å². The minimum atomic E-state index is -3.25. The lowest BCUT2D eigenvalue weighted by Gasteiger charge is -2.37. The molecule has 0 unspecified atom stereocenters. The molecule has 2 aliphatic rings. The molecule has 0 bridgehead atoms. The minimum Gasteiger partial charge on any atom is -0.314 e. The van der Waals surface area contributed by atoms with E-state index in [4.69, 9.17) is 0 Å². The van der Waals surface area contributed by atoms with E-state index in [2.05, 4.69) is 5.32 Å². The molecular formula is C12H25N3O2S. The lowest BCUT2D eigenvalue weighted by molar-refractivity contribution is 0.235. The standard InChI is InChI=1S/C12H25N3O2S/c1-2-15(12-6-4-3-5-7-12)18(16,17)14-10-8-13-9-11-14/h12-13H,2-11H2,1H3. The molecule has 0 amide bonds. The predicted octanol–water partition coefficient (Wildman–Crippen LogP) is 0.791. The number of nitrogens with one attached hydrogen (secondary N) is 1. The Morgan fingerprint density at radius 3 is 2.33 bits per heavy atom. The maximum absolute atomic E-state index is 12.6. The molecule has 1 N–H and O–H groups in total. The second-order valence-electron chi connectivity index (χ2n) is 5.15. The molecule has 1 aliphatic carbocycles. The first-order chi connectivity index (χ1) is 8.66. The van der Waals surface area contributed by atoms with Gasteiger partial charge in [0, 0.05) is 38.8 Å². The first kappa shape index (κ1) is 14.2. The van der Waals surface area contributed by atoms with Gasteiger partial charge in [0.15, 0.2) is 0 Å². The first-order valence-corrected chi connectivity index (χ1v) is 8.53. The van der Waals surface area contributed by atoms with Crippen LogP contribution in [0, 0.1) is 0 Å². The molecule has 0 radical (unpaired) electrons. The molecule has 2 fully saturated rings. The maximum Gasteiger partial charge on any atom is 0.282 e. The largest absolute Gasteiger partial charge is 0.314 e. The van der Waals surface area contributed by atoms with Crippen LogP contribution >= 0.6 is 0 Å². The van der Waals surface area contributed by atoms with Crippen molar-refractivity contribution < 1.29 is 8.42 Å². The van der Waals surface area contributed by atoms with Crippen LogP contribution in [0.3, 0.4) is 0 Å². The zero-order chi connectivity index (χ0) is 13.0. The fourth-order valence-corrected chi connectivity index (χ4v) is 4.86. The third-order valence-corrected chi connectivity index (χ3v) is 6.16. The van der Waals surface area contributed by atoms with Crippen molar-refractivity contribution in [1.29, 1.82) is 0 Å². The second kappa shape index (κ2) is 6.32. The first-order valence-electron chi connectivity index (χ1n) is 7.14. The topological polar surface area (TPSA) is 52.7 Å². The third-order valence-electron chi connectivity index (χ3n) is 3.99. The van der Waals surface area contributed by atoms with E-state index in [-0.39, 0.29) is 6.04 Å². The van der Waals surface area contributed by atoms with Gasteiger partial charge in [0.05, 0.1) is 0 Å². The Bertz CT molecular complexity index is 346. The molecule has 0 aromatic heterocycles. The molecule has 6 heteroatoms.